The third kappa shape index (κ3) is 3.28. The molecule has 4 heteroatoms. The highest BCUT2D eigenvalue weighted by Crippen LogP contribution is 2.25. The number of thioether (sulfide) groups is 1. The van der Waals surface area contributed by atoms with Crippen molar-refractivity contribution in [2.45, 2.75) is 10.6 Å². The number of hydrogen-bond donors (Lipinski definition) is 2. The van der Waals surface area contributed by atoms with Gasteiger partial charge in [-0.15, -0.1) is 11.8 Å². The van der Waals surface area contributed by atoms with Gasteiger partial charge in [0.2, 0.25) is 0 Å². The maximum atomic E-state index is 10.8. The highest BCUT2D eigenvalue weighted by Gasteiger charge is 2.03. The van der Waals surface area contributed by atoms with Crippen LogP contribution < -0.4 is 0 Å². The number of carboxylic acids is 1. The number of carbonyl (C=O) groups is 1. The quantitative estimate of drug-likeness (QED) is 0.827. The molecule has 0 unspecified atom stereocenters. The third-order valence-electron chi connectivity index (χ3n) is 2.40. The molecule has 0 aliphatic carbocycles. The molecule has 0 bridgehead atoms. The van der Waals surface area contributed by atoms with Crippen molar-refractivity contribution in [2.75, 3.05) is 0 Å². The molecule has 92 valence electrons. The summed E-state index contributed by atoms with van der Waals surface area (Å²) in [4.78, 5) is 11.8. The van der Waals surface area contributed by atoms with Gasteiger partial charge in [0.15, 0.2) is 0 Å². The number of aromatic carboxylic acids is 1. The van der Waals surface area contributed by atoms with Gasteiger partial charge < -0.3 is 10.2 Å². The topological polar surface area (TPSA) is 57.5 Å². The lowest BCUT2D eigenvalue weighted by Gasteiger charge is -2.03. The Hall–Kier alpha value is -1.94. The average molecular weight is 260 g/mol. The van der Waals surface area contributed by atoms with E-state index in [1.165, 1.54) is 0 Å². The second kappa shape index (κ2) is 5.60. The standard InChI is InChI=1S/C14H12O3S/c15-12-5-2-6-13(8-12)18-9-10-3-1-4-11(7-10)14(16)17/h1-8,15H,9H2,(H,16,17). The first-order valence-electron chi connectivity index (χ1n) is 5.39. The highest BCUT2D eigenvalue weighted by atomic mass is 32.2. The second-order valence-electron chi connectivity index (χ2n) is 3.79. The van der Waals surface area contributed by atoms with E-state index in [1.807, 2.05) is 12.1 Å². The Bertz CT molecular complexity index is 566. The lowest BCUT2D eigenvalue weighted by atomic mass is 10.1. The van der Waals surface area contributed by atoms with Crippen LogP contribution in [-0.4, -0.2) is 16.2 Å². The minimum Gasteiger partial charge on any atom is -0.508 e. The van der Waals surface area contributed by atoms with E-state index in [2.05, 4.69) is 0 Å². The molecular weight excluding hydrogens is 248 g/mol. The monoisotopic (exact) mass is 260 g/mol. The number of phenols is 1. The fourth-order valence-electron chi connectivity index (χ4n) is 1.53. The van der Waals surface area contributed by atoms with E-state index in [9.17, 15) is 9.90 Å². The van der Waals surface area contributed by atoms with E-state index < -0.39 is 5.97 Å². The van der Waals surface area contributed by atoms with E-state index in [-0.39, 0.29) is 5.75 Å². The molecule has 0 aromatic heterocycles. The Kier molecular flexibility index (Phi) is 3.89. The minimum absolute atomic E-state index is 0.235. The smallest absolute Gasteiger partial charge is 0.335 e. The zero-order chi connectivity index (χ0) is 13.0. The molecule has 3 nitrogen and oxygen atoms in total. The summed E-state index contributed by atoms with van der Waals surface area (Å²) in [7, 11) is 0. The molecule has 2 N–H and O–H groups in total. The number of rotatable bonds is 4. The Labute approximate surface area is 109 Å². The second-order valence-corrected chi connectivity index (χ2v) is 4.84. The Morgan fingerprint density at radius 2 is 1.89 bits per heavy atom. The van der Waals surface area contributed by atoms with Gasteiger partial charge in [0.1, 0.15) is 5.75 Å². The molecule has 0 amide bonds. The van der Waals surface area contributed by atoms with Crippen LogP contribution in [0.1, 0.15) is 15.9 Å². The van der Waals surface area contributed by atoms with E-state index in [0.717, 1.165) is 10.5 Å². The summed E-state index contributed by atoms with van der Waals surface area (Å²) in [6.45, 7) is 0. The Balaban J connectivity index is 2.06. The molecular formula is C14H12O3S. The molecule has 0 saturated heterocycles. The van der Waals surface area contributed by atoms with Crippen molar-refractivity contribution < 1.29 is 15.0 Å². The summed E-state index contributed by atoms with van der Waals surface area (Å²) in [5, 5.41) is 18.2. The molecule has 2 rings (SSSR count). The molecule has 2 aromatic rings. The van der Waals surface area contributed by atoms with Crippen LogP contribution in [0.25, 0.3) is 0 Å². The van der Waals surface area contributed by atoms with Crippen molar-refractivity contribution in [3.63, 3.8) is 0 Å². The molecule has 0 aliphatic rings. The van der Waals surface area contributed by atoms with Gasteiger partial charge in [-0.1, -0.05) is 18.2 Å². The highest BCUT2D eigenvalue weighted by molar-refractivity contribution is 7.98. The fourth-order valence-corrected chi connectivity index (χ4v) is 2.43. The van der Waals surface area contributed by atoms with Crippen LogP contribution in [0.5, 0.6) is 5.75 Å². The predicted octanol–water partition coefficient (Wildman–Crippen LogP) is 3.38. The van der Waals surface area contributed by atoms with E-state index in [1.54, 1.807) is 48.2 Å². The van der Waals surface area contributed by atoms with Gasteiger partial charge in [-0.25, -0.2) is 4.79 Å². The maximum Gasteiger partial charge on any atom is 0.335 e. The van der Waals surface area contributed by atoms with Gasteiger partial charge in [-0.2, -0.15) is 0 Å². The number of hydrogen-bond acceptors (Lipinski definition) is 3. The summed E-state index contributed by atoms with van der Waals surface area (Å²) < 4.78 is 0. The van der Waals surface area contributed by atoms with Crippen LogP contribution >= 0.6 is 11.8 Å². The van der Waals surface area contributed by atoms with Gasteiger partial charge in [0, 0.05) is 10.6 Å². The van der Waals surface area contributed by atoms with Gasteiger partial charge in [0.05, 0.1) is 5.56 Å². The average Bonchev–Trinajstić information content (AvgIpc) is 2.37. The van der Waals surface area contributed by atoms with Crippen LogP contribution in [0.15, 0.2) is 53.4 Å². The molecule has 0 radical (unpaired) electrons. The molecule has 2 aromatic carbocycles. The van der Waals surface area contributed by atoms with Crippen molar-refractivity contribution in [3.05, 3.63) is 59.7 Å². The summed E-state index contributed by atoms with van der Waals surface area (Å²) in [6.07, 6.45) is 0. The first-order valence-corrected chi connectivity index (χ1v) is 6.38. The third-order valence-corrected chi connectivity index (χ3v) is 3.46. The maximum absolute atomic E-state index is 10.8. The van der Waals surface area contributed by atoms with Crippen LogP contribution in [0, 0.1) is 0 Å². The normalized spacial score (nSPS) is 10.2. The lowest BCUT2D eigenvalue weighted by molar-refractivity contribution is 0.0697. The molecule has 0 heterocycles. The summed E-state index contributed by atoms with van der Waals surface area (Å²) in [6, 6.07) is 13.9. The molecule has 0 fully saturated rings. The SMILES string of the molecule is O=C(O)c1cccc(CSc2cccc(O)c2)c1. The minimum atomic E-state index is -0.917. The number of carboxylic acid groups (broad SMARTS) is 1. The van der Waals surface area contributed by atoms with Crippen molar-refractivity contribution in [1.29, 1.82) is 0 Å². The zero-order valence-electron chi connectivity index (χ0n) is 9.54. The zero-order valence-corrected chi connectivity index (χ0v) is 10.4. The fraction of sp³-hybridized carbons (Fsp3) is 0.0714. The number of phenolic OH excluding ortho intramolecular Hbond substituents is 1. The first-order chi connectivity index (χ1) is 8.65. The van der Waals surface area contributed by atoms with Gasteiger partial charge in [0.25, 0.3) is 0 Å². The summed E-state index contributed by atoms with van der Waals surface area (Å²) in [5.41, 5.74) is 1.24. The summed E-state index contributed by atoms with van der Waals surface area (Å²) in [5.74, 6) is -0.0107. The van der Waals surface area contributed by atoms with E-state index in [4.69, 9.17) is 5.11 Å². The van der Waals surface area contributed by atoms with Gasteiger partial charge in [-0.05, 0) is 35.9 Å². The Morgan fingerprint density at radius 1 is 1.11 bits per heavy atom. The number of aromatic hydroxyl groups is 1. The van der Waals surface area contributed by atoms with E-state index >= 15 is 0 Å². The van der Waals surface area contributed by atoms with Crippen molar-refractivity contribution >= 4 is 17.7 Å². The van der Waals surface area contributed by atoms with Crippen molar-refractivity contribution in [1.82, 2.24) is 0 Å². The van der Waals surface area contributed by atoms with Crippen LogP contribution in [0.2, 0.25) is 0 Å². The first kappa shape index (κ1) is 12.5. The summed E-state index contributed by atoms with van der Waals surface area (Å²) >= 11 is 1.56. The van der Waals surface area contributed by atoms with Crippen LogP contribution in [0.3, 0.4) is 0 Å². The molecule has 0 atom stereocenters. The van der Waals surface area contributed by atoms with Gasteiger partial charge in [-0.3, -0.25) is 0 Å². The van der Waals surface area contributed by atoms with Gasteiger partial charge >= 0.3 is 5.97 Å². The predicted molar refractivity (Wildman–Crippen MR) is 71.1 cm³/mol. The molecule has 0 spiro atoms. The largest absolute Gasteiger partial charge is 0.508 e. The molecule has 18 heavy (non-hydrogen) atoms. The molecule has 0 aliphatic heterocycles. The van der Waals surface area contributed by atoms with Crippen LogP contribution in [-0.2, 0) is 5.75 Å². The van der Waals surface area contributed by atoms with E-state index in [0.29, 0.717) is 11.3 Å². The van der Waals surface area contributed by atoms with Crippen LogP contribution in [0.4, 0.5) is 0 Å². The lowest BCUT2D eigenvalue weighted by Crippen LogP contribution is -1.96. The van der Waals surface area contributed by atoms with Crippen molar-refractivity contribution in [3.8, 4) is 5.75 Å². The Morgan fingerprint density at radius 3 is 2.61 bits per heavy atom. The number of benzene rings is 2. The molecule has 0 saturated carbocycles. The van der Waals surface area contributed by atoms with Crippen molar-refractivity contribution in [2.24, 2.45) is 0 Å².